The summed E-state index contributed by atoms with van der Waals surface area (Å²) in [6.07, 6.45) is 6.06. The number of aliphatic hydroxyl groups is 1. The zero-order valence-corrected chi connectivity index (χ0v) is 20.9. The summed E-state index contributed by atoms with van der Waals surface area (Å²) in [4.78, 5) is 17.4. The molecule has 0 radical (unpaired) electrons. The number of ether oxygens (including phenoxy) is 1. The second kappa shape index (κ2) is 8.58. The first-order valence-corrected chi connectivity index (χ1v) is 12.6. The summed E-state index contributed by atoms with van der Waals surface area (Å²) in [6.45, 7) is 4.33. The van der Waals surface area contributed by atoms with Crippen molar-refractivity contribution in [1.29, 1.82) is 0 Å². The summed E-state index contributed by atoms with van der Waals surface area (Å²) in [5.74, 6) is 0.511. The van der Waals surface area contributed by atoms with Crippen molar-refractivity contribution in [3.05, 3.63) is 117 Å². The number of rotatable bonds is 1. The average molecular weight is 496 g/mol. The van der Waals surface area contributed by atoms with E-state index in [1.165, 1.54) is 0 Å². The third kappa shape index (κ3) is 3.64. The van der Waals surface area contributed by atoms with E-state index in [0.29, 0.717) is 34.9 Å². The van der Waals surface area contributed by atoms with Gasteiger partial charge in [0.1, 0.15) is 18.0 Å². The van der Waals surface area contributed by atoms with Crippen LogP contribution in [0.5, 0.6) is 5.75 Å². The zero-order valence-electron chi connectivity index (χ0n) is 20.2. The van der Waals surface area contributed by atoms with Gasteiger partial charge in [-0.1, -0.05) is 61.8 Å². The number of hydrogen-bond donors (Lipinski definition) is 1. The molecule has 36 heavy (non-hydrogen) atoms. The van der Waals surface area contributed by atoms with Gasteiger partial charge in [0.2, 0.25) is 0 Å². The number of benzene rings is 3. The van der Waals surface area contributed by atoms with Gasteiger partial charge in [-0.3, -0.25) is 9.79 Å². The molecule has 0 amide bonds. The van der Waals surface area contributed by atoms with Crippen LogP contribution < -0.4 is 4.74 Å². The molecule has 2 aliphatic heterocycles. The molecule has 5 heteroatoms. The van der Waals surface area contributed by atoms with E-state index in [4.69, 9.17) is 16.3 Å². The Hall–Kier alpha value is -3.47. The molecule has 6 bridgehead atoms. The molecule has 3 aromatic carbocycles. The summed E-state index contributed by atoms with van der Waals surface area (Å²) in [5.41, 5.74) is 5.39. The van der Waals surface area contributed by atoms with Crippen molar-refractivity contribution in [2.45, 2.75) is 38.4 Å². The molecule has 0 saturated heterocycles. The van der Waals surface area contributed by atoms with Crippen molar-refractivity contribution in [3.63, 3.8) is 0 Å². The maximum absolute atomic E-state index is 13.0. The standard InChI is InChI=1S/C31H26ClNO3/c1-18-10-24(16-33-15-18)31(35)22-6-8-25-19(2)29(34)14-26(27(25)12-22)21-5-3-4-20(11-21)17-36-30-13-23(31)7-9-28(30)32/h3-9,11-16,18-19,35H,10,17H2,1-2H3. The molecular formula is C31H26ClNO3. The van der Waals surface area contributed by atoms with E-state index in [1.54, 1.807) is 18.3 Å². The van der Waals surface area contributed by atoms with E-state index in [0.717, 1.165) is 33.4 Å². The Morgan fingerprint density at radius 3 is 2.69 bits per heavy atom. The maximum atomic E-state index is 13.0. The lowest BCUT2D eigenvalue weighted by Gasteiger charge is -2.35. The molecule has 1 aliphatic carbocycles. The van der Waals surface area contributed by atoms with Crippen LogP contribution in [0.1, 0.15) is 59.6 Å². The maximum Gasteiger partial charge on any atom is 0.163 e. The van der Waals surface area contributed by atoms with E-state index < -0.39 is 5.60 Å². The second-order valence-corrected chi connectivity index (χ2v) is 10.4. The SMILES string of the molecule is CC1C=NC=C(C2(O)c3ccc(Cl)c(c3)OCc3cccc(c3)C3=CC(=O)C(C)c4ccc2cc43)C1. The van der Waals surface area contributed by atoms with Crippen LogP contribution in [0.15, 0.2) is 83.5 Å². The number of hydrogen-bond acceptors (Lipinski definition) is 4. The molecule has 180 valence electrons. The molecule has 0 spiro atoms. The lowest BCUT2D eigenvalue weighted by atomic mass is 9.73. The van der Waals surface area contributed by atoms with Crippen LogP contribution in [-0.4, -0.2) is 17.1 Å². The van der Waals surface area contributed by atoms with Gasteiger partial charge in [0.15, 0.2) is 5.78 Å². The molecule has 2 heterocycles. The van der Waals surface area contributed by atoms with Crippen LogP contribution in [0.25, 0.3) is 5.57 Å². The van der Waals surface area contributed by atoms with Crippen LogP contribution >= 0.6 is 11.6 Å². The van der Waals surface area contributed by atoms with E-state index in [1.807, 2.05) is 67.7 Å². The fourth-order valence-corrected chi connectivity index (χ4v) is 5.64. The third-order valence-electron chi connectivity index (χ3n) is 7.50. The summed E-state index contributed by atoms with van der Waals surface area (Å²) in [5, 5.41) is 13.1. The first-order chi connectivity index (χ1) is 17.3. The highest BCUT2D eigenvalue weighted by Gasteiger charge is 2.39. The number of aliphatic imine (C=N–C) groups is 1. The fourth-order valence-electron chi connectivity index (χ4n) is 5.47. The monoisotopic (exact) mass is 495 g/mol. The van der Waals surface area contributed by atoms with E-state index in [9.17, 15) is 9.90 Å². The molecule has 3 aromatic rings. The van der Waals surface area contributed by atoms with Gasteiger partial charge in [0, 0.05) is 18.3 Å². The smallest absolute Gasteiger partial charge is 0.163 e. The minimum atomic E-state index is -1.45. The minimum absolute atomic E-state index is 0.0723. The number of carbonyl (C=O) groups is 1. The van der Waals surface area contributed by atoms with Crippen LogP contribution in [0, 0.1) is 5.92 Å². The molecule has 4 nitrogen and oxygen atoms in total. The largest absolute Gasteiger partial charge is 0.487 e. The van der Waals surface area contributed by atoms with Crippen LogP contribution in [0.3, 0.4) is 0 Å². The van der Waals surface area contributed by atoms with Crippen molar-refractivity contribution >= 4 is 29.2 Å². The Morgan fingerprint density at radius 2 is 1.86 bits per heavy atom. The Bertz CT molecular complexity index is 1500. The minimum Gasteiger partial charge on any atom is -0.487 e. The lowest BCUT2D eigenvalue weighted by molar-refractivity contribution is -0.115. The van der Waals surface area contributed by atoms with Gasteiger partial charge in [-0.05, 0) is 87.2 Å². The van der Waals surface area contributed by atoms with Crippen LogP contribution in [0.2, 0.25) is 5.02 Å². The van der Waals surface area contributed by atoms with Crippen molar-refractivity contribution < 1.29 is 14.6 Å². The topological polar surface area (TPSA) is 58.9 Å². The Labute approximate surface area is 215 Å². The molecule has 0 aromatic heterocycles. The van der Waals surface area contributed by atoms with Crippen molar-refractivity contribution in [3.8, 4) is 5.75 Å². The highest BCUT2D eigenvalue weighted by Crippen LogP contribution is 2.46. The number of halogens is 1. The number of nitrogens with zero attached hydrogens (tertiary/aromatic N) is 1. The van der Waals surface area contributed by atoms with Gasteiger partial charge in [-0.25, -0.2) is 0 Å². The van der Waals surface area contributed by atoms with Gasteiger partial charge in [-0.15, -0.1) is 0 Å². The zero-order chi connectivity index (χ0) is 25.0. The van der Waals surface area contributed by atoms with E-state index in [2.05, 4.69) is 11.9 Å². The quantitative estimate of drug-likeness (QED) is 0.414. The Balaban J connectivity index is 1.67. The van der Waals surface area contributed by atoms with Crippen molar-refractivity contribution in [2.75, 3.05) is 0 Å². The number of carbonyl (C=O) groups excluding carboxylic acids is 1. The van der Waals surface area contributed by atoms with Crippen LogP contribution in [0.4, 0.5) is 0 Å². The average Bonchev–Trinajstić information content (AvgIpc) is 2.89. The van der Waals surface area contributed by atoms with Crippen molar-refractivity contribution in [2.24, 2.45) is 10.9 Å². The fraction of sp³-hybridized carbons (Fsp3) is 0.226. The first-order valence-electron chi connectivity index (χ1n) is 12.2. The normalized spacial score (nSPS) is 24.5. The number of fused-ring (bicyclic) bond motifs is 6. The first kappa shape index (κ1) is 23.0. The Kier molecular flexibility index (Phi) is 5.47. The molecule has 3 unspecified atom stereocenters. The summed E-state index contributed by atoms with van der Waals surface area (Å²) >= 11 is 6.52. The predicted molar refractivity (Wildman–Crippen MR) is 143 cm³/mol. The predicted octanol–water partition coefficient (Wildman–Crippen LogP) is 6.58. The number of allylic oxidation sites excluding steroid dienone is 1. The van der Waals surface area contributed by atoms with Crippen molar-refractivity contribution in [1.82, 2.24) is 0 Å². The van der Waals surface area contributed by atoms with Gasteiger partial charge in [0.05, 0.1) is 5.02 Å². The van der Waals surface area contributed by atoms with E-state index >= 15 is 0 Å². The summed E-state index contributed by atoms with van der Waals surface area (Å²) in [6, 6.07) is 19.4. The molecule has 0 fully saturated rings. The summed E-state index contributed by atoms with van der Waals surface area (Å²) < 4.78 is 6.16. The van der Waals surface area contributed by atoms with Crippen LogP contribution in [-0.2, 0) is 17.0 Å². The Morgan fingerprint density at radius 1 is 1.06 bits per heavy atom. The van der Waals surface area contributed by atoms with E-state index in [-0.39, 0.29) is 17.6 Å². The molecule has 0 saturated carbocycles. The summed E-state index contributed by atoms with van der Waals surface area (Å²) in [7, 11) is 0. The highest BCUT2D eigenvalue weighted by atomic mass is 35.5. The van der Waals surface area contributed by atoms with Gasteiger partial charge < -0.3 is 9.84 Å². The molecular weight excluding hydrogens is 470 g/mol. The molecule has 6 rings (SSSR count). The van der Waals surface area contributed by atoms with Gasteiger partial charge in [0.25, 0.3) is 0 Å². The molecule has 3 atom stereocenters. The number of ketones is 1. The lowest BCUT2D eigenvalue weighted by Crippen LogP contribution is -2.32. The van der Waals surface area contributed by atoms with Gasteiger partial charge in [-0.2, -0.15) is 0 Å². The molecule has 1 N–H and O–H groups in total. The highest BCUT2D eigenvalue weighted by molar-refractivity contribution is 6.32. The molecule has 3 aliphatic rings. The third-order valence-corrected chi connectivity index (χ3v) is 7.81. The second-order valence-electron chi connectivity index (χ2n) is 9.96. The van der Waals surface area contributed by atoms with Gasteiger partial charge >= 0.3 is 0 Å².